The molecule has 0 radical (unpaired) electrons. The van der Waals surface area contributed by atoms with E-state index in [-0.39, 0.29) is 5.75 Å². The van der Waals surface area contributed by atoms with Crippen LogP contribution in [-0.2, 0) is 0 Å². The molecule has 2 N–H and O–H groups in total. The van der Waals surface area contributed by atoms with Gasteiger partial charge in [-0.25, -0.2) is 5.43 Å². The predicted molar refractivity (Wildman–Crippen MR) is 85.6 cm³/mol. The zero-order valence-corrected chi connectivity index (χ0v) is 12.7. The van der Waals surface area contributed by atoms with Crippen molar-refractivity contribution in [2.45, 2.75) is 0 Å². The number of rotatable bonds is 3. The molecule has 2 aromatic rings. The van der Waals surface area contributed by atoms with Crippen LogP contribution < -0.4 is 14.9 Å². The maximum Gasteiger partial charge on any atom is 0.271 e. The average molecular weight is 333 g/mol. The predicted octanol–water partition coefficient (Wildman–Crippen LogP) is 2.58. The Hall–Kier alpha value is -2.73. The monoisotopic (exact) mass is 332 g/mol. The summed E-state index contributed by atoms with van der Waals surface area (Å²) in [6, 6.07) is 9.44. The number of hydrogen-bond acceptors (Lipinski definition) is 5. The number of ether oxygens (including phenoxy) is 2. The largest absolute Gasteiger partial charge is 0.507 e. The molecule has 0 unspecified atom stereocenters. The van der Waals surface area contributed by atoms with Crippen molar-refractivity contribution in [3.05, 3.63) is 52.5 Å². The first kappa shape index (κ1) is 15.2. The number of benzene rings is 2. The summed E-state index contributed by atoms with van der Waals surface area (Å²) in [4.78, 5) is 12.1. The topological polar surface area (TPSA) is 80.2 Å². The standard InChI is InChI=1S/C16H13ClN2O4/c17-12-2-3-13(20)11(7-12)9-18-19-16(21)10-1-4-14-15(8-10)23-6-5-22-14/h1-4,7-9,20H,5-6H2,(H,19,21)/b18-9-. The van der Waals surface area contributed by atoms with Crippen LogP contribution in [-0.4, -0.2) is 30.4 Å². The van der Waals surface area contributed by atoms with Crippen molar-refractivity contribution in [3.8, 4) is 17.2 Å². The van der Waals surface area contributed by atoms with Crippen molar-refractivity contribution >= 4 is 23.7 Å². The van der Waals surface area contributed by atoms with E-state index in [4.69, 9.17) is 21.1 Å². The molecule has 0 spiro atoms. The zero-order valence-electron chi connectivity index (χ0n) is 12.0. The molecule has 0 aromatic heterocycles. The Morgan fingerprint density at radius 2 is 1.96 bits per heavy atom. The molecular weight excluding hydrogens is 320 g/mol. The number of phenols is 1. The van der Waals surface area contributed by atoms with Crippen molar-refractivity contribution in [3.63, 3.8) is 0 Å². The highest BCUT2D eigenvalue weighted by atomic mass is 35.5. The van der Waals surface area contributed by atoms with Gasteiger partial charge in [0, 0.05) is 16.1 Å². The van der Waals surface area contributed by atoms with Crippen molar-refractivity contribution in [1.29, 1.82) is 0 Å². The van der Waals surface area contributed by atoms with Crippen LogP contribution in [0.5, 0.6) is 17.2 Å². The van der Waals surface area contributed by atoms with Gasteiger partial charge in [-0.1, -0.05) is 11.6 Å². The Morgan fingerprint density at radius 1 is 1.17 bits per heavy atom. The molecule has 1 heterocycles. The summed E-state index contributed by atoms with van der Waals surface area (Å²) in [7, 11) is 0. The molecule has 2 aromatic carbocycles. The molecule has 0 saturated carbocycles. The minimum atomic E-state index is -0.403. The summed E-state index contributed by atoms with van der Waals surface area (Å²) in [6.07, 6.45) is 1.32. The van der Waals surface area contributed by atoms with Gasteiger partial charge in [-0.15, -0.1) is 0 Å². The van der Waals surface area contributed by atoms with Gasteiger partial charge in [0.25, 0.3) is 5.91 Å². The van der Waals surface area contributed by atoms with Gasteiger partial charge in [0.15, 0.2) is 11.5 Å². The molecule has 23 heavy (non-hydrogen) atoms. The number of carbonyl (C=O) groups excluding carboxylic acids is 1. The summed E-state index contributed by atoms with van der Waals surface area (Å²) in [6.45, 7) is 0.941. The first-order valence-corrected chi connectivity index (χ1v) is 7.23. The van der Waals surface area contributed by atoms with Crippen molar-refractivity contribution < 1.29 is 19.4 Å². The van der Waals surface area contributed by atoms with Gasteiger partial charge in [0.2, 0.25) is 0 Å². The second-order valence-corrected chi connectivity index (χ2v) is 5.20. The normalized spacial score (nSPS) is 13.1. The number of amides is 1. The second kappa shape index (κ2) is 6.58. The lowest BCUT2D eigenvalue weighted by atomic mass is 10.2. The number of fused-ring (bicyclic) bond motifs is 1. The maximum absolute atomic E-state index is 12.1. The summed E-state index contributed by atoms with van der Waals surface area (Å²) in [5.41, 5.74) is 3.17. The molecule has 0 fully saturated rings. The van der Waals surface area contributed by atoms with E-state index in [1.54, 1.807) is 24.3 Å². The van der Waals surface area contributed by atoms with E-state index in [0.717, 1.165) is 0 Å². The molecule has 0 saturated heterocycles. The third-order valence-electron chi connectivity index (χ3n) is 3.16. The number of carbonyl (C=O) groups is 1. The van der Waals surface area contributed by atoms with Gasteiger partial charge in [-0.3, -0.25) is 4.79 Å². The number of nitrogens with zero attached hydrogens (tertiary/aromatic N) is 1. The van der Waals surface area contributed by atoms with Crippen LogP contribution in [0.3, 0.4) is 0 Å². The van der Waals surface area contributed by atoms with Crippen LogP contribution in [0.25, 0.3) is 0 Å². The highest BCUT2D eigenvalue weighted by Crippen LogP contribution is 2.30. The third kappa shape index (κ3) is 3.54. The lowest BCUT2D eigenvalue weighted by Crippen LogP contribution is -2.19. The van der Waals surface area contributed by atoms with Crippen molar-refractivity contribution in [1.82, 2.24) is 5.43 Å². The first-order chi connectivity index (χ1) is 11.1. The fourth-order valence-corrected chi connectivity index (χ4v) is 2.22. The number of hydrogen-bond donors (Lipinski definition) is 2. The number of phenolic OH excluding ortho intramolecular Hbond substituents is 1. The molecule has 0 bridgehead atoms. The summed E-state index contributed by atoms with van der Waals surface area (Å²) in [5.74, 6) is 0.756. The Morgan fingerprint density at radius 3 is 2.78 bits per heavy atom. The Labute approximate surface area is 137 Å². The number of nitrogens with one attached hydrogen (secondary N) is 1. The minimum absolute atomic E-state index is 0.0201. The quantitative estimate of drug-likeness (QED) is 0.668. The van der Waals surface area contributed by atoms with Gasteiger partial charge in [-0.2, -0.15) is 5.10 Å². The second-order valence-electron chi connectivity index (χ2n) is 4.76. The van der Waals surface area contributed by atoms with Crippen LogP contribution in [0.2, 0.25) is 5.02 Å². The molecule has 1 aliphatic rings. The van der Waals surface area contributed by atoms with E-state index >= 15 is 0 Å². The summed E-state index contributed by atoms with van der Waals surface area (Å²) < 4.78 is 10.8. The van der Waals surface area contributed by atoms with Crippen molar-refractivity contribution in [2.24, 2.45) is 5.10 Å². The fraction of sp³-hybridized carbons (Fsp3) is 0.125. The number of hydrazone groups is 1. The molecule has 3 rings (SSSR count). The highest BCUT2D eigenvalue weighted by molar-refractivity contribution is 6.30. The van der Waals surface area contributed by atoms with Gasteiger partial charge >= 0.3 is 0 Å². The molecule has 6 nitrogen and oxygen atoms in total. The van der Waals surface area contributed by atoms with E-state index in [0.29, 0.717) is 40.9 Å². The Kier molecular flexibility index (Phi) is 4.34. The van der Waals surface area contributed by atoms with Crippen molar-refractivity contribution in [2.75, 3.05) is 13.2 Å². The molecule has 118 valence electrons. The van der Waals surface area contributed by atoms with Crippen LogP contribution in [0.15, 0.2) is 41.5 Å². The summed E-state index contributed by atoms with van der Waals surface area (Å²) >= 11 is 5.84. The SMILES string of the molecule is O=C(N/N=C\c1cc(Cl)ccc1O)c1ccc2c(c1)OCCO2. The fourth-order valence-electron chi connectivity index (χ4n) is 2.04. The Bertz CT molecular complexity index is 777. The van der Waals surface area contributed by atoms with Crippen LogP contribution >= 0.6 is 11.6 Å². The Balaban J connectivity index is 1.69. The van der Waals surface area contributed by atoms with E-state index in [1.807, 2.05) is 0 Å². The lowest BCUT2D eigenvalue weighted by molar-refractivity contribution is 0.0954. The highest BCUT2D eigenvalue weighted by Gasteiger charge is 2.14. The molecule has 0 atom stereocenters. The smallest absolute Gasteiger partial charge is 0.271 e. The van der Waals surface area contributed by atoms with E-state index < -0.39 is 5.91 Å². The van der Waals surface area contributed by atoms with Crippen LogP contribution in [0, 0.1) is 0 Å². The van der Waals surface area contributed by atoms with Crippen LogP contribution in [0.1, 0.15) is 15.9 Å². The average Bonchev–Trinajstić information content (AvgIpc) is 2.57. The summed E-state index contributed by atoms with van der Waals surface area (Å²) in [5, 5.41) is 13.9. The van der Waals surface area contributed by atoms with E-state index in [9.17, 15) is 9.90 Å². The molecule has 7 heteroatoms. The van der Waals surface area contributed by atoms with E-state index in [2.05, 4.69) is 10.5 Å². The minimum Gasteiger partial charge on any atom is -0.507 e. The number of aromatic hydroxyl groups is 1. The van der Waals surface area contributed by atoms with Gasteiger partial charge in [-0.05, 0) is 36.4 Å². The molecule has 1 amide bonds. The third-order valence-corrected chi connectivity index (χ3v) is 3.40. The molecule has 0 aliphatic carbocycles. The first-order valence-electron chi connectivity index (χ1n) is 6.85. The lowest BCUT2D eigenvalue weighted by Gasteiger charge is -2.18. The van der Waals surface area contributed by atoms with E-state index in [1.165, 1.54) is 18.3 Å². The molecular formula is C16H13ClN2O4. The van der Waals surface area contributed by atoms with Crippen LogP contribution in [0.4, 0.5) is 0 Å². The van der Waals surface area contributed by atoms with Gasteiger partial charge < -0.3 is 14.6 Å². The van der Waals surface area contributed by atoms with Gasteiger partial charge in [0.05, 0.1) is 6.21 Å². The maximum atomic E-state index is 12.1. The zero-order chi connectivity index (χ0) is 16.2. The van der Waals surface area contributed by atoms with Gasteiger partial charge in [0.1, 0.15) is 19.0 Å². The number of halogens is 1. The molecule has 1 aliphatic heterocycles.